The van der Waals surface area contributed by atoms with Gasteiger partial charge in [0.05, 0.1) is 5.54 Å². The first-order chi connectivity index (χ1) is 5.99. The molecule has 0 aromatic rings. The Labute approximate surface area is 82.0 Å². The molecule has 1 aliphatic rings. The van der Waals surface area contributed by atoms with Crippen LogP contribution in [0.1, 0.15) is 40.0 Å². The lowest BCUT2D eigenvalue weighted by atomic mass is 9.69. The normalized spacial score (nSPS) is 39.9. The van der Waals surface area contributed by atoms with Crippen LogP contribution in [0.15, 0.2) is 17.1 Å². The molecule has 1 rings (SSSR count). The van der Waals surface area contributed by atoms with E-state index in [-0.39, 0.29) is 5.54 Å². The molecule has 1 aliphatic carbocycles. The Morgan fingerprint density at radius 1 is 1.46 bits per heavy atom. The fraction of sp³-hybridized carbons (Fsp3) is 0.750. The fourth-order valence-electron chi connectivity index (χ4n) is 2.21. The summed E-state index contributed by atoms with van der Waals surface area (Å²) in [7, 11) is 0. The van der Waals surface area contributed by atoms with Crippen molar-refractivity contribution in [1.82, 2.24) is 0 Å². The van der Waals surface area contributed by atoms with Crippen LogP contribution >= 0.6 is 0 Å². The molecule has 1 saturated carbocycles. The molecular formula is C12H21N. The van der Waals surface area contributed by atoms with Crippen molar-refractivity contribution < 1.29 is 0 Å². The minimum Gasteiger partial charge on any atom is -0.294 e. The molecule has 0 saturated heterocycles. The summed E-state index contributed by atoms with van der Waals surface area (Å²) in [6.45, 7) is 14.4. The van der Waals surface area contributed by atoms with E-state index in [1.54, 1.807) is 0 Å². The molecule has 3 atom stereocenters. The molecule has 0 radical (unpaired) electrons. The van der Waals surface area contributed by atoms with E-state index in [0.717, 1.165) is 6.42 Å². The van der Waals surface area contributed by atoms with Crippen LogP contribution in [0, 0.1) is 11.8 Å². The highest BCUT2D eigenvalue weighted by Gasteiger charge is 2.36. The van der Waals surface area contributed by atoms with Crippen LogP contribution in [0.3, 0.4) is 0 Å². The highest BCUT2D eigenvalue weighted by molar-refractivity contribution is 5.26. The molecule has 74 valence electrons. The maximum atomic E-state index is 4.30. The highest BCUT2D eigenvalue weighted by atomic mass is 14.8. The molecule has 1 heteroatoms. The Hall–Kier alpha value is -0.590. The van der Waals surface area contributed by atoms with Gasteiger partial charge in [-0.2, -0.15) is 0 Å². The number of aliphatic imine (C=N–C) groups is 1. The number of rotatable bonds is 2. The third-order valence-electron chi connectivity index (χ3n) is 3.73. The zero-order chi connectivity index (χ0) is 10.1. The van der Waals surface area contributed by atoms with E-state index >= 15 is 0 Å². The molecule has 1 nitrogen and oxygen atoms in total. The molecule has 0 aromatic carbocycles. The number of hydrogen-bond donors (Lipinski definition) is 0. The van der Waals surface area contributed by atoms with Gasteiger partial charge in [0.25, 0.3) is 0 Å². The first-order valence-electron chi connectivity index (χ1n) is 5.13. The van der Waals surface area contributed by atoms with Crippen molar-refractivity contribution in [3.05, 3.63) is 12.2 Å². The van der Waals surface area contributed by atoms with E-state index in [9.17, 15) is 0 Å². The summed E-state index contributed by atoms with van der Waals surface area (Å²) in [6, 6.07) is 0. The van der Waals surface area contributed by atoms with Gasteiger partial charge in [-0.3, -0.25) is 4.99 Å². The second-order valence-electron chi connectivity index (χ2n) is 4.74. The Balaban J connectivity index is 2.74. The molecule has 0 N–H and O–H groups in total. The zero-order valence-electron chi connectivity index (χ0n) is 9.14. The lowest BCUT2D eigenvalue weighted by molar-refractivity contribution is 0.191. The van der Waals surface area contributed by atoms with Crippen LogP contribution in [0.5, 0.6) is 0 Å². The third-order valence-corrected chi connectivity index (χ3v) is 3.73. The Morgan fingerprint density at radius 3 is 2.54 bits per heavy atom. The van der Waals surface area contributed by atoms with Crippen LogP contribution in [-0.4, -0.2) is 12.3 Å². The summed E-state index contributed by atoms with van der Waals surface area (Å²) >= 11 is 0. The smallest absolute Gasteiger partial charge is 0.0604 e. The summed E-state index contributed by atoms with van der Waals surface area (Å²) in [5.74, 6) is 1.33. The van der Waals surface area contributed by atoms with Crippen LogP contribution in [-0.2, 0) is 0 Å². The van der Waals surface area contributed by atoms with Gasteiger partial charge < -0.3 is 0 Å². The van der Waals surface area contributed by atoms with Crippen LogP contribution < -0.4 is 0 Å². The predicted molar refractivity (Wildman–Crippen MR) is 59.3 cm³/mol. The van der Waals surface area contributed by atoms with Gasteiger partial charge in [0.1, 0.15) is 0 Å². The second kappa shape index (κ2) is 3.65. The fourth-order valence-corrected chi connectivity index (χ4v) is 2.21. The van der Waals surface area contributed by atoms with Gasteiger partial charge in [0.2, 0.25) is 0 Å². The van der Waals surface area contributed by atoms with Crippen molar-refractivity contribution in [1.29, 1.82) is 0 Å². The van der Waals surface area contributed by atoms with Crippen molar-refractivity contribution in [2.45, 2.75) is 45.6 Å². The monoisotopic (exact) mass is 179 g/mol. The average molecular weight is 179 g/mol. The summed E-state index contributed by atoms with van der Waals surface area (Å²) in [5, 5.41) is 0. The minimum atomic E-state index is 0.0852. The highest BCUT2D eigenvalue weighted by Crippen LogP contribution is 2.41. The lowest BCUT2D eigenvalue weighted by Gasteiger charge is -2.40. The quantitative estimate of drug-likeness (QED) is 0.455. The predicted octanol–water partition coefficient (Wildman–Crippen LogP) is 3.46. The van der Waals surface area contributed by atoms with Crippen molar-refractivity contribution in [2.75, 3.05) is 0 Å². The third kappa shape index (κ3) is 2.01. The number of allylic oxidation sites excluding steroid dienone is 1. The molecular weight excluding hydrogens is 158 g/mol. The van der Waals surface area contributed by atoms with Crippen molar-refractivity contribution in [2.24, 2.45) is 16.8 Å². The molecule has 0 spiro atoms. The van der Waals surface area contributed by atoms with Gasteiger partial charge in [-0.15, -0.1) is 0 Å². The van der Waals surface area contributed by atoms with Gasteiger partial charge in [0.15, 0.2) is 0 Å². The maximum absolute atomic E-state index is 4.30. The lowest BCUT2D eigenvalue weighted by Crippen LogP contribution is -2.37. The van der Waals surface area contributed by atoms with E-state index in [4.69, 9.17) is 0 Å². The van der Waals surface area contributed by atoms with Crippen LogP contribution in [0.25, 0.3) is 0 Å². The summed E-state index contributed by atoms with van der Waals surface area (Å²) in [5.41, 5.74) is 1.39. The summed E-state index contributed by atoms with van der Waals surface area (Å²) in [6.07, 6.45) is 3.67. The molecule has 0 aliphatic heterocycles. The molecule has 1 fully saturated rings. The number of hydrogen-bond acceptors (Lipinski definition) is 1. The molecule has 0 heterocycles. The first kappa shape index (κ1) is 10.5. The van der Waals surface area contributed by atoms with Crippen molar-refractivity contribution >= 4 is 6.72 Å². The topological polar surface area (TPSA) is 12.4 Å². The first-order valence-corrected chi connectivity index (χ1v) is 5.13. The molecule has 0 bridgehead atoms. The van der Waals surface area contributed by atoms with Crippen molar-refractivity contribution in [3.63, 3.8) is 0 Å². The minimum absolute atomic E-state index is 0.0852. The summed E-state index contributed by atoms with van der Waals surface area (Å²) < 4.78 is 0. The van der Waals surface area contributed by atoms with E-state index in [0.29, 0.717) is 11.8 Å². The molecule has 0 amide bonds. The van der Waals surface area contributed by atoms with E-state index in [1.807, 2.05) is 0 Å². The Kier molecular flexibility index (Phi) is 2.94. The van der Waals surface area contributed by atoms with Crippen molar-refractivity contribution in [3.8, 4) is 0 Å². The Bertz CT molecular complexity index is 219. The molecule has 13 heavy (non-hydrogen) atoms. The zero-order valence-corrected chi connectivity index (χ0v) is 9.14. The van der Waals surface area contributed by atoms with Gasteiger partial charge in [-0.25, -0.2) is 0 Å². The second-order valence-corrected chi connectivity index (χ2v) is 4.74. The van der Waals surface area contributed by atoms with Crippen LogP contribution in [0.2, 0.25) is 0 Å². The Morgan fingerprint density at radius 2 is 2.08 bits per heavy atom. The average Bonchev–Trinajstić information content (AvgIpc) is 2.09. The van der Waals surface area contributed by atoms with Gasteiger partial charge in [-0.05, 0) is 51.7 Å². The van der Waals surface area contributed by atoms with Gasteiger partial charge in [-0.1, -0.05) is 19.1 Å². The van der Waals surface area contributed by atoms with E-state index in [2.05, 4.69) is 39.1 Å². The molecule has 0 aromatic heterocycles. The van der Waals surface area contributed by atoms with Crippen LogP contribution in [0.4, 0.5) is 0 Å². The molecule has 3 unspecified atom stereocenters. The van der Waals surface area contributed by atoms with Gasteiger partial charge in [0, 0.05) is 0 Å². The van der Waals surface area contributed by atoms with E-state index in [1.165, 1.54) is 18.4 Å². The summed E-state index contributed by atoms with van der Waals surface area (Å²) in [4.78, 5) is 4.30. The SMILES string of the molecule is C=NC1(C)CC(C(=C)C)CCC1C. The maximum Gasteiger partial charge on any atom is 0.0604 e. The largest absolute Gasteiger partial charge is 0.294 e. The van der Waals surface area contributed by atoms with E-state index < -0.39 is 0 Å². The number of nitrogens with zero attached hydrogens (tertiary/aromatic N) is 1. The standard InChI is InChI=1S/C12H21N/c1-9(2)11-7-6-10(3)12(4,8-11)13-5/h10-11H,1,5-8H2,2-4H3. The van der Waals surface area contributed by atoms with Gasteiger partial charge >= 0.3 is 0 Å².